The van der Waals surface area contributed by atoms with Gasteiger partial charge in [-0.3, -0.25) is 4.98 Å². The second-order valence-corrected chi connectivity index (χ2v) is 4.40. The summed E-state index contributed by atoms with van der Waals surface area (Å²) in [6.45, 7) is 3.45. The second-order valence-electron chi connectivity index (χ2n) is 4.40. The van der Waals surface area contributed by atoms with Crippen molar-refractivity contribution in [2.75, 3.05) is 13.2 Å². The molecule has 0 bridgehead atoms. The van der Waals surface area contributed by atoms with Gasteiger partial charge in [0.15, 0.2) is 0 Å². The summed E-state index contributed by atoms with van der Waals surface area (Å²) in [5.41, 5.74) is -0.435. The lowest BCUT2D eigenvalue weighted by Gasteiger charge is -2.24. The Morgan fingerprint density at radius 3 is 2.71 bits per heavy atom. The molecule has 0 amide bonds. The Kier molecular flexibility index (Phi) is 4.99. The van der Waals surface area contributed by atoms with Gasteiger partial charge in [0.25, 0.3) is 0 Å². The minimum atomic E-state index is -1.16. The molecule has 0 saturated heterocycles. The molecule has 3 N–H and O–H groups in total. The Hall–Kier alpha value is -1.04. The SMILES string of the molecule is CCC(NCC(C)(O)CO)c1ccc(F)cn1. The molecule has 0 fully saturated rings. The number of hydrogen-bond donors (Lipinski definition) is 3. The Bertz CT molecular complexity index is 341. The third-order valence-corrected chi connectivity index (χ3v) is 2.59. The third kappa shape index (κ3) is 4.38. The largest absolute Gasteiger partial charge is 0.393 e. The summed E-state index contributed by atoms with van der Waals surface area (Å²) < 4.78 is 12.7. The summed E-state index contributed by atoms with van der Waals surface area (Å²) in [5.74, 6) is -0.369. The van der Waals surface area contributed by atoms with Gasteiger partial charge in [0.05, 0.1) is 24.1 Å². The average Bonchev–Trinajstić information content (AvgIpc) is 2.32. The molecule has 5 heteroatoms. The van der Waals surface area contributed by atoms with Crippen LogP contribution in [0.3, 0.4) is 0 Å². The Labute approximate surface area is 101 Å². The van der Waals surface area contributed by atoms with Crippen LogP contribution in [0.15, 0.2) is 18.3 Å². The molecular formula is C12H19FN2O2. The maximum Gasteiger partial charge on any atom is 0.141 e. The Morgan fingerprint density at radius 2 is 2.24 bits per heavy atom. The molecule has 0 spiro atoms. The first-order valence-corrected chi connectivity index (χ1v) is 5.66. The number of aromatic nitrogens is 1. The summed E-state index contributed by atoms with van der Waals surface area (Å²) in [4.78, 5) is 3.99. The van der Waals surface area contributed by atoms with Crippen LogP contribution in [0.5, 0.6) is 0 Å². The molecule has 1 rings (SSSR count). The fourth-order valence-corrected chi connectivity index (χ4v) is 1.45. The Morgan fingerprint density at radius 1 is 1.53 bits per heavy atom. The molecule has 4 nitrogen and oxygen atoms in total. The van der Waals surface area contributed by atoms with Crippen LogP contribution < -0.4 is 5.32 Å². The number of aliphatic hydroxyl groups is 2. The van der Waals surface area contributed by atoms with Gasteiger partial charge in [0, 0.05) is 12.6 Å². The van der Waals surface area contributed by atoms with Gasteiger partial charge in [-0.15, -0.1) is 0 Å². The highest BCUT2D eigenvalue weighted by molar-refractivity contribution is 5.09. The van der Waals surface area contributed by atoms with Crippen molar-refractivity contribution in [3.05, 3.63) is 29.8 Å². The molecule has 0 saturated carbocycles. The van der Waals surface area contributed by atoms with Crippen molar-refractivity contribution >= 4 is 0 Å². The number of halogens is 1. The van der Waals surface area contributed by atoms with E-state index in [4.69, 9.17) is 5.11 Å². The third-order valence-electron chi connectivity index (χ3n) is 2.59. The number of nitrogens with one attached hydrogen (secondary N) is 1. The lowest BCUT2D eigenvalue weighted by atomic mass is 10.1. The standard InChI is InChI=1S/C12H19FN2O2/c1-3-10(15-7-12(2,17)8-16)11-5-4-9(13)6-14-11/h4-6,10,15-17H,3,7-8H2,1-2H3. The van der Waals surface area contributed by atoms with Crippen molar-refractivity contribution in [1.82, 2.24) is 10.3 Å². The molecular weight excluding hydrogens is 223 g/mol. The maximum atomic E-state index is 12.7. The van der Waals surface area contributed by atoms with E-state index in [0.717, 1.165) is 12.1 Å². The molecule has 0 aliphatic carbocycles. The van der Waals surface area contributed by atoms with Gasteiger partial charge in [-0.25, -0.2) is 4.39 Å². The highest BCUT2D eigenvalue weighted by Crippen LogP contribution is 2.15. The molecule has 1 aromatic rings. The molecule has 17 heavy (non-hydrogen) atoms. The molecule has 0 aromatic carbocycles. The van der Waals surface area contributed by atoms with E-state index < -0.39 is 5.60 Å². The van der Waals surface area contributed by atoms with Crippen molar-refractivity contribution in [2.45, 2.75) is 31.9 Å². The van der Waals surface area contributed by atoms with Gasteiger partial charge in [-0.2, -0.15) is 0 Å². The zero-order chi connectivity index (χ0) is 12.9. The van der Waals surface area contributed by atoms with Crippen LogP contribution in [0.4, 0.5) is 4.39 Å². The maximum absolute atomic E-state index is 12.7. The van der Waals surface area contributed by atoms with E-state index in [0.29, 0.717) is 0 Å². The molecule has 1 heterocycles. The van der Waals surface area contributed by atoms with Crippen LogP contribution in [-0.4, -0.2) is 33.9 Å². The van der Waals surface area contributed by atoms with Crippen LogP contribution >= 0.6 is 0 Å². The van der Waals surface area contributed by atoms with Crippen molar-refractivity contribution in [3.8, 4) is 0 Å². The number of hydrogen-bond acceptors (Lipinski definition) is 4. The predicted molar refractivity (Wildman–Crippen MR) is 62.9 cm³/mol. The lowest BCUT2D eigenvalue weighted by Crippen LogP contribution is -2.42. The van der Waals surface area contributed by atoms with Gasteiger partial charge >= 0.3 is 0 Å². The van der Waals surface area contributed by atoms with Crippen LogP contribution in [-0.2, 0) is 0 Å². The van der Waals surface area contributed by atoms with Crippen molar-refractivity contribution in [2.24, 2.45) is 0 Å². The summed E-state index contributed by atoms with van der Waals surface area (Å²) in [6.07, 6.45) is 1.93. The van der Waals surface area contributed by atoms with Gasteiger partial charge in [0.2, 0.25) is 0 Å². The zero-order valence-electron chi connectivity index (χ0n) is 10.2. The van der Waals surface area contributed by atoms with Crippen LogP contribution in [0.2, 0.25) is 0 Å². The normalized spacial score (nSPS) is 16.5. The lowest BCUT2D eigenvalue weighted by molar-refractivity contribution is 0.000502. The molecule has 0 radical (unpaired) electrons. The summed E-state index contributed by atoms with van der Waals surface area (Å²) in [5, 5.41) is 21.7. The predicted octanol–water partition coefficient (Wildman–Crippen LogP) is 1.00. The van der Waals surface area contributed by atoms with Gasteiger partial charge < -0.3 is 15.5 Å². The molecule has 0 aliphatic heterocycles. The second kappa shape index (κ2) is 6.05. The first-order valence-electron chi connectivity index (χ1n) is 5.66. The van der Waals surface area contributed by atoms with E-state index >= 15 is 0 Å². The van der Waals surface area contributed by atoms with Crippen LogP contribution in [0.25, 0.3) is 0 Å². The van der Waals surface area contributed by atoms with E-state index in [2.05, 4.69) is 10.3 Å². The zero-order valence-corrected chi connectivity index (χ0v) is 10.2. The van der Waals surface area contributed by atoms with Gasteiger partial charge in [-0.1, -0.05) is 6.92 Å². The minimum absolute atomic E-state index is 0.0615. The molecule has 2 unspecified atom stereocenters. The smallest absolute Gasteiger partial charge is 0.141 e. The number of aliphatic hydroxyl groups excluding tert-OH is 1. The fourth-order valence-electron chi connectivity index (χ4n) is 1.45. The van der Waals surface area contributed by atoms with E-state index in [1.54, 1.807) is 13.0 Å². The molecule has 1 aromatic heterocycles. The van der Waals surface area contributed by atoms with Gasteiger partial charge in [0.1, 0.15) is 5.82 Å². The molecule has 96 valence electrons. The first kappa shape index (κ1) is 14.0. The van der Waals surface area contributed by atoms with Crippen molar-refractivity contribution in [3.63, 3.8) is 0 Å². The van der Waals surface area contributed by atoms with E-state index in [9.17, 15) is 9.50 Å². The quantitative estimate of drug-likeness (QED) is 0.696. The summed E-state index contributed by atoms with van der Waals surface area (Å²) >= 11 is 0. The highest BCUT2D eigenvalue weighted by atomic mass is 19.1. The monoisotopic (exact) mass is 242 g/mol. The minimum Gasteiger partial charge on any atom is -0.393 e. The molecule has 2 atom stereocenters. The fraction of sp³-hybridized carbons (Fsp3) is 0.583. The van der Waals surface area contributed by atoms with E-state index in [-0.39, 0.29) is 25.0 Å². The summed E-state index contributed by atoms with van der Waals surface area (Å²) in [7, 11) is 0. The van der Waals surface area contributed by atoms with Crippen LogP contribution in [0.1, 0.15) is 32.0 Å². The average molecular weight is 242 g/mol. The van der Waals surface area contributed by atoms with Crippen molar-refractivity contribution < 1.29 is 14.6 Å². The van der Waals surface area contributed by atoms with Crippen molar-refractivity contribution in [1.29, 1.82) is 0 Å². The van der Waals surface area contributed by atoms with Crippen LogP contribution in [0, 0.1) is 5.82 Å². The van der Waals surface area contributed by atoms with Gasteiger partial charge in [-0.05, 0) is 25.5 Å². The van der Waals surface area contributed by atoms with E-state index in [1.165, 1.54) is 12.3 Å². The highest BCUT2D eigenvalue weighted by Gasteiger charge is 2.21. The molecule has 0 aliphatic rings. The number of nitrogens with zero attached hydrogens (tertiary/aromatic N) is 1. The first-order chi connectivity index (χ1) is 7.98. The number of rotatable bonds is 6. The van der Waals surface area contributed by atoms with E-state index in [1.807, 2.05) is 6.92 Å². The number of pyridine rings is 1. The Balaban J connectivity index is 2.63. The summed E-state index contributed by atoms with van der Waals surface area (Å²) in [6, 6.07) is 2.91. The topological polar surface area (TPSA) is 65.4 Å².